The minimum atomic E-state index is -0.944. The summed E-state index contributed by atoms with van der Waals surface area (Å²) in [6.07, 6.45) is 0.515. The molecule has 0 saturated carbocycles. The molecular weight excluding hydrogens is 230 g/mol. The molecule has 2 rings (SSSR count). The van der Waals surface area contributed by atoms with Crippen molar-refractivity contribution in [3.63, 3.8) is 0 Å². The Hall–Kier alpha value is -2.36. The number of rotatable bonds is 5. The third-order valence-corrected chi connectivity index (χ3v) is 2.90. The van der Waals surface area contributed by atoms with E-state index in [-0.39, 0.29) is 6.54 Å². The van der Waals surface area contributed by atoms with Crippen molar-refractivity contribution in [2.45, 2.75) is 5.92 Å². The van der Waals surface area contributed by atoms with E-state index in [4.69, 9.17) is 0 Å². The first-order valence-corrected chi connectivity index (χ1v) is 5.61. The van der Waals surface area contributed by atoms with E-state index >= 15 is 0 Å². The van der Waals surface area contributed by atoms with Gasteiger partial charge in [-0.25, -0.2) is 0 Å². The molecule has 18 heavy (non-hydrogen) atoms. The molecule has 0 aromatic heterocycles. The van der Waals surface area contributed by atoms with Crippen molar-refractivity contribution in [1.82, 2.24) is 5.32 Å². The second-order valence-corrected chi connectivity index (χ2v) is 3.99. The van der Waals surface area contributed by atoms with Crippen LogP contribution in [0.4, 0.5) is 0 Å². The lowest BCUT2D eigenvalue weighted by atomic mass is 9.93. The molecule has 92 valence electrons. The van der Waals surface area contributed by atoms with Crippen LogP contribution in [-0.2, 0) is 9.59 Å². The molecule has 1 unspecified atom stereocenters. The van der Waals surface area contributed by atoms with Crippen LogP contribution in [0.1, 0.15) is 11.5 Å². The smallest absolute Gasteiger partial charge is 0.312 e. The van der Waals surface area contributed by atoms with E-state index in [0.29, 0.717) is 6.41 Å². The fourth-order valence-electron chi connectivity index (χ4n) is 2.05. The number of amides is 1. The summed E-state index contributed by atoms with van der Waals surface area (Å²) in [5.41, 5.74) is 0.718. The quantitative estimate of drug-likeness (QED) is 0.786. The second kappa shape index (κ2) is 5.31. The molecule has 2 aromatic rings. The predicted molar refractivity (Wildman–Crippen MR) is 68.4 cm³/mol. The highest BCUT2D eigenvalue weighted by atomic mass is 16.4. The van der Waals surface area contributed by atoms with Crippen molar-refractivity contribution in [2.75, 3.05) is 6.54 Å². The largest absolute Gasteiger partial charge is 0.481 e. The number of carbonyl (C=O) groups excluding carboxylic acids is 1. The Morgan fingerprint density at radius 1 is 1.22 bits per heavy atom. The maximum Gasteiger partial charge on any atom is 0.312 e. The minimum Gasteiger partial charge on any atom is -0.481 e. The number of carbonyl (C=O) groups is 2. The monoisotopic (exact) mass is 243 g/mol. The van der Waals surface area contributed by atoms with Crippen molar-refractivity contribution in [3.05, 3.63) is 48.0 Å². The van der Waals surface area contributed by atoms with Crippen LogP contribution in [0.15, 0.2) is 42.5 Å². The van der Waals surface area contributed by atoms with Gasteiger partial charge in [0.15, 0.2) is 0 Å². The topological polar surface area (TPSA) is 66.4 Å². The van der Waals surface area contributed by atoms with Gasteiger partial charge < -0.3 is 10.4 Å². The molecule has 0 aliphatic rings. The fourth-order valence-corrected chi connectivity index (χ4v) is 2.05. The zero-order chi connectivity index (χ0) is 13.0. The summed E-state index contributed by atoms with van der Waals surface area (Å²) in [5.74, 6) is -1.68. The molecule has 4 heteroatoms. The van der Waals surface area contributed by atoms with Crippen molar-refractivity contribution in [1.29, 1.82) is 0 Å². The van der Waals surface area contributed by atoms with Crippen LogP contribution in [0.25, 0.3) is 10.8 Å². The van der Waals surface area contributed by atoms with Crippen molar-refractivity contribution in [3.8, 4) is 0 Å². The summed E-state index contributed by atoms with van der Waals surface area (Å²) in [6.45, 7) is 0.0901. The fraction of sp³-hybridized carbons (Fsp3) is 0.143. The normalized spacial score (nSPS) is 12.0. The summed E-state index contributed by atoms with van der Waals surface area (Å²) < 4.78 is 0. The van der Waals surface area contributed by atoms with E-state index in [1.807, 2.05) is 36.4 Å². The van der Waals surface area contributed by atoms with Gasteiger partial charge in [0.1, 0.15) is 0 Å². The Morgan fingerprint density at radius 3 is 2.67 bits per heavy atom. The number of fused-ring (bicyclic) bond motifs is 1. The summed E-state index contributed by atoms with van der Waals surface area (Å²) in [4.78, 5) is 21.6. The van der Waals surface area contributed by atoms with Crippen LogP contribution in [0.5, 0.6) is 0 Å². The number of nitrogens with one attached hydrogen (secondary N) is 1. The van der Waals surface area contributed by atoms with Crippen molar-refractivity contribution >= 4 is 23.2 Å². The third kappa shape index (κ3) is 2.32. The van der Waals surface area contributed by atoms with Gasteiger partial charge in [0.05, 0.1) is 5.92 Å². The van der Waals surface area contributed by atoms with Crippen molar-refractivity contribution in [2.24, 2.45) is 0 Å². The van der Waals surface area contributed by atoms with Gasteiger partial charge in [-0.1, -0.05) is 42.5 Å². The number of aliphatic carboxylic acids is 1. The molecule has 0 fully saturated rings. The first kappa shape index (κ1) is 12.1. The highest BCUT2D eigenvalue weighted by Gasteiger charge is 2.21. The second-order valence-electron chi connectivity index (χ2n) is 3.99. The van der Waals surface area contributed by atoms with Gasteiger partial charge in [-0.2, -0.15) is 0 Å². The molecule has 2 aromatic carbocycles. The van der Waals surface area contributed by atoms with Gasteiger partial charge >= 0.3 is 5.97 Å². The Kier molecular flexibility index (Phi) is 3.57. The van der Waals surface area contributed by atoms with Gasteiger partial charge in [-0.15, -0.1) is 0 Å². The lowest BCUT2D eigenvalue weighted by Crippen LogP contribution is -2.26. The average molecular weight is 243 g/mol. The summed E-state index contributed by atoms with van der Waals surface area (Å²) in [7, 11) is 0. The molecule has 2 N–H and O–H groups in total. The first-order chi connectivity index (χ1) is 8.74. The molecule has 0 saturated heterocycles. The predicted octanol–water partition coefficient (Wildman–Crippen LogP) is 1.75. The summed E-state index contributed by atoms with van der Waals surface area (Å²) in [5, 5.41) is 13.6. The number of benzene rings is 2. The van der Waals surface area contributed by atoms with E-state index in [9.17, 15) is 14.7 Å². The Labute approximate surface area is 104 Å². The third-order valence-electron chi connectivity index (χ3n) is 2.90. The zero-order valence-corrected chi connectivity index (χ0v) is 9.67. The van der Waals surface area contributed by atoms with Crippen LogP contribution in [0.2, 0.25) is 0 Å². The number of hydrogen-bond donors (Lipinski definition) is 2. The lowest BCUT2D eigenvalue weighted by Gasteiger charge is -2.14. The Balaban J connectivity index is 2.49. The van der Waals surface area contributed by atoms with Crippen LogP contribution < -0.4 is 5.32 Å². The first-order valence-electron chi connectivity index (χ1n) is 5.61. The van der Waals surface area contributed by atoms with Gasteiger partial charge in [-0.05, 0) is 16.3 Å². The van der Waals surface area contributed by atoms with E-state index in [2.05, 4.69) is 5.32 Å². The molecule has 0 radical (unpaired) electrons. The maximum atomic E-state index is 11.3. The molecule has 1 atom stereocenters. The number of hydrogen-bond acceptors (Lipinski definition) is 2. The van der Waals surface area contributed by atoms with E-state index in [1.165, 1.54) is 0 Å². The van der Waals surface area contributed by atoms with Crippen LogP contribution in [-0.4, -0.2) is 24.0 Å². The SMILES string of the molecule is O=CNCC(C(=O)O)c1cccc2ccccc12. The summed E-state index contributed by atoms with van der Waals surface area (Å²) >= 11 is 0. The Morgan fingerprint density at radius 2 is 1.94 bits per heavy atom. The summed E-state index contributed by atoms with van der Waals surface area (Å²) in [6, 6.07) is 13.2. The molecule has 0 aliphatic carbocycles. The molecular formula is C14H13NO3. The van der Waals surface area contributed by atoms with Crippen LogP contribution in [0.3, 0.4) is 0 Å². The standard InChI is InChI=1S/C14H13NO3/c16-9-15-8-13(14(17)18)12-7-3-5-10-4-1-2-6-11(10)12/h1-7,9,13H,8H2,(H,15,16)(H,17,18). The number of carboxylic acid groups (broad SMARTS) is 1. The zero-order valence-electron chi connectivity index (χ0n) is 9.67. The lowest BCUT2D eigenvalue weighted by molar-refractivity contribution is -0.138. The van der Waals surface area contributed by atoms with Crippen molar-refractivity contribution < 1.29 is 14.7 Å². The molecule has 0 spiro atoms. The molecule has 1 amide bonds. The molecule has 0 aliphatic heterocycles. The number of carboxylic acids is 1. The Bertz CT molecular complexity index is 575. The van der Waals surface area contributed by atoms with Gasteiger partial charge in [0, 0.05) is 6.54 Å². The average Bonchev–Trinajstić information content (AvgIpc) is 2.39. The molecule has 0 bridgehead atoms. The van der Waals surface area contributed by atoms with E-state index < -0.39 is 11.9 Å². The van der Waals surface area contributed by atoms with E-state index in [0.717, 1.165) is 16.3 Å². The van der Waals surface area contributed by atoms with Gasteiger partial charge in [0.2, 0.25) is 6.41 Å². The highest BCUT2D eigenvalue weighted by Crippen LogP contribution is 2.25. The molecule has 0 heterocycles. The van der Waals surface area contributed by atoms with Gasteiger partial charge in [-0.3, -0.25) is 9.59 Å². The van der Waals surface area contributed by atoms with E-state index in [1.54, 1.807) is 6.07 Å². The molecule has 4 nitrogen and oxygen atoms in total. The van der Waals surface area contributed by atoms with Gasteiger partial charge in [0.25, 0.3) is 0 Å². The maximum absolute atomic E-state index is 11.3. The minimum absolute atomic E-state index is 0.0901. The van der Waals surface area contributed by atoms with Crippen LogP contribution >= 0.6 is 0 Å². The highest BCUT2D eigenvalue weighted by molar-refractivity contribution is 5.90. The van der Waals surface area contributed by atoms with Crippen LogP contribution in [0, 0.1) is 0 Å².